The molecule has 16 heavy (non-hydrogen) atoms. The van der Waals surface area contributed by atoms with Crippen molar-refractivity contribution >= 4 is 27.3 Å². The highest BCUT2D eigenvalue weighted by Gasteiger charge is 2.22. The van der Waals surface area contributed by atoms with Crippen molar-refractivity contribution < 1.29 is 0 Å². The lowest BCUT2D eigenvalue weighted by Crippen LogP contribution is -2.39. The first kappa shape index (κ1) is 10.4. The molecule has 0 radical (unpaired) electrons. The van der Waals surface area contributed by atoms with Gasteiger partial charge in [-0.3, -0.25) is 0 Å². The van der Waals surface area contributed by atoms with E-state index in [4.69, 9.17) is 4.98 Å². The Hall–Kier alpha value is -0.710. The Morgan fingerprint density at radius 3 is 2.94 bits per heavy atom. The molecule has 0 atom stereocenters. The second-order valence-corrected chi connectivity index (χ2v) is 5.74. The first-order valence-electron chi connectivity index (χ1n) is 5.25. The minimum atomic E-state index is 0.630. The quantitative estimate of drug-likeness (QED) is 0.920. The van der Waals surface area contributed by atoms with E-state index in [1.54, 1.807) is 11.3 Å². The molecule has 1 saturated heterocycles. The molecule has 3 rings (SSSR count). The topological polar surface area (TPSA) is 24.9 Å². The predicted molar refractivity (Wildman–Crippen MR) is 70.9 cm³/mol. The van der Waals surface area contributed by atoms with Gasteiger partial charge in [0.25, 0.3) is 0 Å². The van der Waals surface area contributed by atoms with E-state index in [1.165, 1.54) is 10.6 Å². The van der Waals surface area contributed by atoms with Gasteiger partial charge in [-0.15, -0.1) is 11.3 Å². The monoisotopic (exact) mass is 294 g/mol. The molecule has 1 aromatic carbocycles. The number of aromatic nitrogens is 1. The second kappa shape index (κ2) is 4.28. The van der Waals surface area contributed by atoms with Crippen LogP contribution >= 0.6 is 27.3 Å². The summed E-state index contributed by atoms with van der Waals surface area (Å²) in [7, 11) is 0. The van der Waals surface area contributed by atoms with Crippen molar-refractivity contribution in [1.82, 2.24) is 10.3 Å². The number of nitrogens with one attached hydrogen (secondary N) is 1. The summed E-state index contributed by atoms with van der Waals surface area (Å²) in [6.07, 6.45) is 0. The largest absolute Gasteiger partial charge is 0.315 e. The van der Waals surface area contributed by atoms with Gasteiger partial charge in [0.1, 0.15) is 0 Å². The fourth-order valence-electron chi connectivity index (χ4n) is 1.72. The molecular weight excluding hydrogens is 284 g/mol. The van der Waals surface area contributed by atoms with Gasteiger partial charge in [0.05, 0.1) is 10.7 Å². The van der Waals surface area contributed by atoms with Crippen molar-refractivity contribution in [3.8, 4) is 11.3 Å². The fraction of sp³-hybridized carbons (Fsp3) is 0.250. The number of halogens is 1. The number of thiazole rings is 1. The summed E-state index contributed by atoms with van der Waals surface area (Å²) in [5, 5.41) is 6.68. The highest BCUT2D eigenvalue weighted by molar-refractivity contribution is 9.10. The van der Waals surface area contributed by atoms with Crippen LogP contribution in [-0.2, 0) is 0 Å². The highest BCUT2D eigenvalue weighted by atomic mass is 79.9. The average molecular weight is 295 g/mol. The van der Waals surface area contributed by atoms with Crippen molar-refractivity contribution in [3.05, 3.63) is 39.1 Å². The summed E-state index contributed by atoms with van der Waals surface area (Å²) in [6, 6.07) is 8.29. The zero-order valence-corrected chi connectivity index (χ0v) is 11.0. The summed E-state index contributed by atoms with van der Waals surface area (Å²) in [5.41, 5.74) is 2.28. The standard InChI is InChI=1S/C12H11BrN2S/c13-10-3-1-2-8(4-10)11-7-16-12(15-11)9-5-14-6-9/h1-4,7,9,14H,5-6H2. The van der Waals surface area contributed by atoms with Crippen LogP contribution in [0.4, 0.5) is 0 Å². The van der Waals surface area contributed by atoms with Crippen LogP contribution in [-0.4, -0.2) is 18.1 Å². The normalized spacial score (nSPS) is 16.1. The van der Waals surface area contributed by atoms with Crippen LogP contribution in [0.15, 0.2) is 34.1 Å². The van der Waals surface area contributed by atoms with Gasteiger partial charge >= 0.3 is 0 Å². The zero-order chi connectivity index (χ0) is 11.0. The summed E-state index contributed by atoms with van der Waals surface area (Å²) in [5.74, 6) is 0.630. The van der Waals surface area contributed by atoms with Crippen LogP contribution in [0.5, 0.6) is 0 Å². The Balaban J connectivity index is 1.91. The number of hydrogen-bond donors (Lipinski definition) is 1. The van der Waals surface area contributed by atoms with Gasteiger partial charge < -0.3 is 5.32 Å². The molecule has 2 nitrogen and oxygen atoms in total. The first-order chi connectivity index (χ1) is 7.83. The van der Waals surface area contributed by atoms with Gasteiger partial charge in [-0.05, 0) is 12.1 Å². The lowest BCUT2D eigenvalue weighted by atomic mass is 10.1. The van der Waals surface area contributed by atoms with Crippen LogP contribution in [0.1, 0.15) is 10.9 Å². The molecule has 0 unspecified atom stereocenters. The Morgan fingerprint density at radius 2 is 2.25 bits per heavy atom. The smallest absolute Gasteiger partial charge is 0.0989 e. The first-order valence-corrected chi connectivity index (χ1v) is 6.92. The van der Waals surface area contributed by atoms with Crippen molar-refractivity contribution in [2.75, 3.05) is 13.1 Å². The van der Waals surface area contributed by atoms with Gasteiger partial charge in [0, 0.05) is 34.4 Å². The Bertz CT molecular complexity index is 505. The summed E-state index contributed by atoms with van der Waals surface area (Å²) in [6.45, 7) is 2.15. The molecule has 0 aliphatic carbocycles. The maximum atomic E-state index is 4.70. The third-order valence-electron chi connectivity index (χ3n) is 2.77. The maximum absolute atomic E-state index is 4.70. The minimum absolute atomic E-state index is 0.630. The number of hydrogen-bond acceptors (Lipinski definition) is 3. The Morgan fingerprint density at radius 1 is 1.38 bits per heavy atom. The van der Waals surface area contributed by atoms with Crippen LogP contribution in [0.2, 0.25) is 0 Å². The van der Waals surface area contributed by atoms with E-state index >= 15 is 0 Å². The molecule has 0 amide bonds. The highest BCUT2D eigenvalue weighted by Crippen LogP contribution is 2.29. The summed E-state index contributed by atoms with van der Waals surface area (Å²) in [4.78, 5) is 4.70. The lowest BCUT2D eigenvalue weighted by molar-refractivity contribution is 0.447. The molecule has 1 aromatic heterocycles. The van der Waals surface area contributed by atoms with Gasteiger partial charge in [-0.2, -0.15) is 0 Å². The van der Waals surface area contributed by atoms with E-state index in [2.05, 4.69) is 38.8 Å². The van der Waals surface area contributed by atoms with E-state index in [9.17, 15) is 0 Å². The molecule has 0 saturated carbocycles. The molecule has 0 spiro atoms. The SMILES string of the molecule is Brc1cccc(-c2csc(C3CNC3)n2)c1. The number of nitrogens with zero attached hydrogens (tertiary/aromatic N) is 1. The second-order valence-electron chi connectivity index (χ2n) is 3.94. The third-order valence-corrected chi connectivity index (χ3v) is 4.27. The van der Waals surface area contributed by atoms with Crippen molar-refractivity contribution in [3.63, 3.8) is 0 Å². The molecule has 0 bridgehead atoms. The van der Waals surface area contributed by atoms with Crippen LogP contribution < -0.4 is 5.32 Å². The van der Waals surface area contributed by atoms with Gasteiger partial charge in [0.2, 0.25) is 0 Å². The third kappa shape index (κ3) is 1.93. The minimum Gasteiger partial charge on any atom is -0.315 e. The maximum Gasteiger partial charge on any atom is 0.0989 e. The number of rotatable bonds is 2. The van der Waals surface area contributed by atoms with Crippen molar-refractivity contribution in [2.24, 2.45) is 0 Å². The van der Waals surface area contributed by atoms with Crippen LogP contribution in [0.25, 0.3) is 11.3 Å². The molecule has 2 aromatic rings. The van der Waals surface area contributed by atoms with Crippen LogP contribution in [0.3, 0.4) is 0 Å². The summed E-state index contributed by atoms with van der Waals surface area (Å²) < 4.78 is 1.10. The Kier molecular flexibility index (Phi) is 2.79. The number of benzene rings is 1. The zero-order valence-electron chi connectivity index (χ0n) is 8.61. The van der Waals surface area contributed by atoms with E-state index in [-0.39, 0.29) is 0 Å². The van der Waals surface area contributed by atoms with Gasteiger partial charge in [-0.1, -0.05) is 28.1 Å². The van der Waals surface area contributed by atoms with E-state index in [1.807, 2.05) is 12.1 Å². The van der Waals surface area contributed by atoms with Crippen LogP contribution in [0, 0.1) is 0 Å². The molecular formula is C12H11BrN2S. The van der Waals surface area contributed by atoms with Gasteiger partial charge in [0.15, 0.2) is 0 Å². The lowest BCUT2D eigenvalue weighted by Gasteiger charge is -2.24. The van der Waals surface area contributed by atoms with Crippen molar-refractivity contribution in [2.45, 2.75) is 5.92 Å². The molecule has 4 heteroatoms. The van der Waals surface area contributed by atoms with Crippen molar-refractivity contribution in [1.29, 1.82) is 0 Å². The molecule has 1 N–H and O–H groups in total. The predicted octanol–water partition coefficient (Wildman–Crippen LogP) is 3.26. The molecule has 1 fully saturated rings. The Labute approximate surface area is 107 Å². The van der Waals surface area contributed by atoms with E-state index < -0.39 is 0 Å². The van der Waals surface area contributed by atoms with E-state index in [0.717, 1.165) is 23.3 Å². The fourth-order valence-corrected chi connectivity index (χ4v) is 3.05. The summed E-state index contributed by atoms with van der Waals surface area (Å²) >= 11 is 5.25. The molecule has 82 valence electrons. The molecule has 1 aliphatic heterocycles. The van der Waals surface area contributed by atoms with E-state index in [0.29, 0.717) is 5.92 Å². The average Bonchev–Trinajstić information content (AvgIpc) is 2.64. The van der Waals surface area contributed by atoms with Gasteiger partial charge in [-0.25, -0.2) is 4.98 Å². The molecule has 1 aliphatic rings. The molecule has 2 heterocycles.